The second-order valence-electron chi connectivity index (χ2n) is 5.28. The first kappa shape index (κ1) is 19.7. The van der Waals surface area contributed by atoms with E-state index in [1.807, 2.05) is 20.8 Å². The van der Waals surface area contributed by atoms with Crippen LogP contribution < -0.4 is 5.32 Å². The number of rotatable bonds is 5. The number of carbonyl (C=O) groups excluding carboxylic acids is 1. The van der Waals surface area contributed by atoms with Gasteiger partial charge in [0.15, 0.2) is 11.0 Å². The lowest BCUT2D eigenvalue weighted by atomic mass is 10.1. The van der Waals surface area contributed by atoms with Gasteiger partial charge >= 0.3 is 0 Å². The van der Waals surface area contributed by atoms with Crippen LogP contribution in [0.25, 0.3) is 0 Å². The molecule has 0 aromatic carbocycles. The monoisotopic (exact) mass is 375 g/mol. The first-order valence-corrected chi connectivity index (χ1v) is 8.58. The number of nitrogens with one attached hydrogen (secondary N) is 1. The van der Waals surface area contributed by atoms with Crippen molar-refractivity contribution >= 4 is 23.2 Å². The van der Waals surface area contributed by atoms with Crippen LogP contribution in [0.1, 0.15) is 37.0 Å². The normalized spacial score (nSPS) is 12.2. The summed E-state index contributed by atoms with van der Waals surface area (Å²) in [6, 6.07) is 1.28. The molecule has 136 valence electrons. The number of aryl methyl sites for hydroxylation is 2. The fourth-order valence-electron chi connectivity index (χ4n) is 2.17. The van der Waals surface area contributed by atoms with E-state index in [0.29, 0.717) is 17.8 Å². The van der Waals surface area contributed by atoms with Crippen LogP contribution in [0.2, 0.25) is 5.15 Å². The van der Waals surface area contributed by atoms with Crippen molar-refractivity contribution in [2.24, 2.45) is 4.99 Å². The molecule has 0 saturated heterocycles. The van der Waals surface area contributed by atoms with Crippen LogP contribution in [-0.4, -0.2) is 26.8 Å². The lowest BCUT2D eigenvalue weighted by Gasteiger charge is -2.16. The summed E-state index contributed by atoms with van der Waals surface area (Å²) in [4.78, 5) is 19.9. The van der Waals surface area contributed by atoms with Crippen molar-refractivity contribution in [2.75, 3.05) is 0 Å². The lowest BCUT2D eigenvalue weighted by molar-refractivity contribution is -0.120. The van der Waals surface area contributed by atoms with E-state index in [0.717, 1.165) is 16.8 Å². The van der Waals surface area contributed by atoms with E-state index in [9.17, 15) is 9.18 Å². The van der Waals surface area contributed by atoms with Crippen molar-refractivity contribution in [3.63, 3.8) is 0 Å². The third kappa shape index (κ3) is 4.92. The Morgan fingerprint density at radius 3 is 2.58 bits per heavy atom. The summed E-state index contributed by atoms with van der Waals surface area (Å²) in [5.41, 5.74) is 3.20. The molecule has 3 heterocycles. The van der Waals surface area contributed by atoms with Gasteiger partial charge in [0.25, 0.3) is 0 Å². The van der Waals surface area contributed by atoms with Crippen molar-refractivity contribution in [1.82, 2.24) is 20.5 Å². The number of amides is 1. The highest BCUT2D eigenvalue weighted by molar-refractivity contribution is 6.29. The van der Waals surface area contributed by atoms with Gasteiger partial charge in [-0.15, -0.1) is 0 Å². The van der Waals surface area contributed by atoms with Gasteiger partial charge in [-0.2, -0.15) is 10.2 Å². The van der Waals surface area contributed by atoms with Crippen LogP contribution in [0.4, 0.5) is 4.39 Å². The van der Waals surface area contributed by atoms with E-state index in [1.54, 1.807) is 18.5 Å². The minimum absolute atomic E-state index is 0.175. The third-order valence-corrected chi connectivity index (χ3v) is 3.76. The Morgan fingerprint density at radius 2 is 1.92 bits per heavy atom. The number of hydrogen-bond donors (Lipinski definition) is 1. The molecule has 6 nitrogen and oxygen atoms in total. The van der Waals surface area contributed by atoms with Crippen molar-refractivity contribution in [2.45, 2.75) is 33.6 Å². The van der Waals surface area contributed by atoms with Gasteiger partial charge in [0, 0.05) is 24.3 Å². The molecular formula is C18H19ClFN5O. The van der Waals surface area contributed by atoms with Gasteiger partial charge in [0.2, 0.25) is 5.91 Å². The maximum Gasteiger partial charge on any atom is 0.225 e. The molecule has 1 aliphatic heterocycles. The Labute approximate surface area is 156 Å². The van der Waals surface area contributed by atoms with Crippen molar-refractivity contribution in [3.05, 3.63) is 64.2 Å². The largest absolute Gasteiger partial charge is 0.311 e. The molecule has 2 aromatic heterocycles. The van der Waals surface area contributed by atoms with Crippen LogP contribution in [0, 0.1) is 12.7 Å². The van der Waals surface area contributed by atoms with E-state index in [2.05, 4.69) is 25.5 Å². The second-order valence-corrected chi connectivity index (χ2v) is 5.63. The Hall–Kier alpha value is -2.67. The zero-order valence-electron chi connectivity index (χ0n) is 14.8. The molecule has 0 atom stereocenters. The molecule has 1 amide bonds. The quantitative estimate of drug-likeness (QED) is 0.812. The summed E-state index contributed by atoms with van der Waals surface area (Å²) in [7, 11) is 0. The molecule has 0 radical (unpaired) electrons. The first-order chi connectivity index (χ1) is 12.5. The van der Waals surface area contributed by atoms with E-state index < -0.39 is 5.82 Å². The number of carbonyl (C=O) groups is 1. The average Bonchev–Trinajstić information content (AvgIpc) is 2.61. The highest BCUT2D eigenvalue weighted by atomic mass is 35.5. The van der Waals surface area contributed by atoms with Crippen LogP contribution in [-0.2, 0) is 11.2 Å². The summed E-state index contributed by atoms with van der Waals surface area (Å²) >= 11 is 5.52. The molecule has 1 aliphatic rings. The molecule has 0 saturated carbocycles. The standard InChI is InChI=1S/C16H13ClFN5O.C2H6/c1-9-6-20-21-8-11(9)13-5-14(22-13)23-15(24)3-2-10-4-12(18)16(17)19-7-10;1-2/h4-8H,2-3H2,1H3,(H,22,23,24);1-2H3. The number of pyridine rings is 1. The zero-order valence-corrected chi connectivity index (χ0v) is 15.5. The van der Waals surface area contributed by atoms with Gasteiger partial charge in [-0.3, -0.25) is 4.79 Å². The molecular weight excluding hydrogens is 357 g/mol. The molecule has 1 N–H and O–H groups in total. The summed E-state index contributed by atoms with van der Waals surface area (Å²) in [6.45, 7) is 5.91. The number of aromatic nitrogens is 3. The SMILES string of the molecule is CC.Cc1cnncc1C1=NC(NC(=O)CCc2cnc(Cl)c(F)c2)=C1. The average molecular weight is 376 g/mol. The first-order valence-electron chi connectivity index (χ1n) is 8.21. The number of hydrogen-bond acceptors (Lipinski definition) is 5. The molecule has 0 aliphatic carbocycles. The Morgan fingerprint density at radius 1 is 1.23 bits per heavy atom. The van der Waals surface area contributed by atoms with Crippen LogP contribution in [0.3, 0.4) is 0 Å². The number of aliphatic imine (C=N–C) groups is 1. The molecule has 8 heteroatoms. The van der Waals surface area contributed by atoms with Gasteiger partial charge in [-0.05, 0) is 30.5 Å². The van der Waals surface area contributed by atoms with Crippen molar-refractivity contribution in [1.29, 1.82) is 0 Å². The predicted molar refractivity (Wildman–Crippen MR) is 98.4 cm³/mol. The highest BCUT2D eigenvalue weighted by Crippen LogP contribution is 2.17. The van der Waals surface area contributed by atoms with E-state index in [1.165, 1.54) is 12.3 Å². The zero-order chi connectivity index (χ0) is 19.1. The smallest absolute Gasteiger partial charge is 0.225 e. The maximum atomic E-state index is 13.3. The fourth-order valence-corrected chi connectivity index (χ4v) is 2.27. The predicted octanol–water partition coefficient (Wildman–Crippen LogP) is 3.39. The van der Waals surface area contributed by atoms with Gasteiger partial charge in [0.05, 0.1) is 18.1 Å². The minimum Gasteiger partial charge on any atom is -0.311 e. The molecule has 26 heavy (non-hydrogen) atoms. The fraction of sp³-hybridized carbons (Fsp3) is 0.278. The number of halogens is 2. The van der Waals surface area contributed by atoms with Gasteiger partial charge in [-0.1, -0.05) is 25.4 Å². The highest BCUT2D eigenvalue weighted by Gasteiger charge is 2.16. The second kappa shape index (κ2) is 9.15. The van der Waals surface area contributed by atoms with Crippen LogP contribution >= 0.6 is 11.6 Å². The van der Waals surface area contributed by atoms with Gasteiger partial charge in [0.1, 0.15) is 5.82 Å². The topological polar surface area (TPSA) is 80.1 Å². The number of allylic oxidation sites excluding steroid dienone is 1. The van der Waals surface area contributed by atoms with E-state index >= 15 is 0 Å². The minimum atomic E-state index is -0.591. The van der Waals surface area contributed by atoms with Crippen molar-refractivity contribution in [3.8, 4) is 0 Å². The summed E-state index contributed by atoms with van der Waals surface area (Å²) < 4.78 is 13.3. The molecule has 0 fully saturated rings. The summed E-state index contributed by atoms with van der Waals surface area (Å²) in [6.07, 6.45) is 7.07. The Kier molecular flexibility index (Phi) is 6.91. The van der Waals surface area contributed by atoms with Crippen molar-refractivity contribution < 1.29 is 9.18 Å². The van der Waals surface area contributed by atoms with Crippen LogP contribution in [0.5, 0.6) is 0 Å². The van der Waals surface area contributed by atoms with E-state index in [-0.39, 0.29) is 17.5 Å². The number of nitrogens with zero attached hydrogens (tertiary/aromatic N) is 4. The van der Waals surface area contributed by atoms with E-state index in [4.69, 9.17) is 11.6 Å². The molecule has 3 rings (SSSR count). The summed E-state index contributed by atoms with van der Waals surface area (Å²) in [5.74, 6) is -0.303. The maximum absolute atomic E-state index is 13.3. The van der Waals surface area contributed by atoms with Gasteiger partial charge < -0.3 is 5.32 Å². The molecule has 2 aromatic rings. The summed E-state index contributed by atoms with van der Waals surface area (Å²) in [5, 5.41) is 10.1. The third-order valence-electron chi connectivity index (χ3n) is 3.48. The molecule has 0 unspecified atom stereocenters. The lowest BCUT2D eigenvalue weighted by Crippen LogP contribution is -2.27. The molecule has 0 bridgehead atoms. The Balaban J connectivity index is 0.00000117. The van der Waals surface area contributed by atoms with Gasteiger partial charge in [-0.25, -0.2) is 14.4 Å². The van der Waals surface area contributed by atoms with Crippen LogP contribution in [0.15, 0.2) is 41.5 Å². The Bertz CT molecular complexity index is 866. The molecule has 0 spiro atoms.